The van der Waals surface area contributed by atoms with Crippen LogP contribution in [-0.4, -0.2) is 9.55 Å². The Morgan fingerprint density at radius 3 is 2.38 bits per heavy atom. The zero-order chi connectivity index (χ0) is 20.4. The van der Waals surface area contributed by atoms with Gasteiger partial charge in [-0.05, 0) is 35.9 Å². The van der Waals surface area contributed by atoms with Gasteiger partial charge in [0.2, 0.25) is 0 Å². The highest BCUT2D eigenvalue weighted by Gasteiger charge is 2.30. The molecule has 0 aliphatic carbocycles. The molecule has 3 aromatic carbocycles. The summed E-state index contributed by atoms with van der Waals surface area (Å²) in [6, 6.07) is 21.3. The fourth-order valence-corrected chi connectivity index (χ4v) is 3.95. The van der Waals surface area contributed by atoms with Crippen LogP contribution in [0.2, 0.25) is 0 Å². The summed E-state index contributed by atoms with van der Waals surface area (Å²) in [5, 5.41) is 0.914. The van der Waals surface area contributed by atoms with Gasteiger partial charge in [-0.2, -0.15) is 13.2 Å². The summed E-state index contributed by atoms with van der Waals surface area (Å²) >= 11 is 1.23. The van der Waals surface area contributed by atoms with E-state index in [0.29, 0.717) is 27.3 Å². The second kappa shape index (κ2) is 7.75. The van der Waals surface area contributed by atoms with Crippen molar-refractivity contribution >= 4 is 22.7 Å². The lowest BCUT2D eigenvalue weighted by Crippen LogP contribution is -2.21. The van der Waals surface area contributed by atoms with E-state index in [9.17, 15) is 18.0 Å². The summed E-state index contributed by atoms with van der Waals surface area (Å²) < 4.78 is 40.4. The number of hydrogen-bond donors (Lipinski definition) is 0. The molecule has 0 aliphatic heterocycles. The van der Waals surface area contributed by atoms with Crippen LogP contribution in [0.3, 0.4) is 0 Å². The molecule has 0 unspecified atom stereocenters. The average molecular weight is 412 g/mol. The SMILES string of the molecule is O=c1c2ccccc2nc(SCc2cccc(C(F)(F)F)c2)n1-c1ccccc1. The van der Waals surface area contributed by atoms with E-state index < -0.39 is 11.7 Å². The van der Waals surface area contributed by atoms with E-state index in [1.54, 1.807) is 42.5 Å². The maximum atomic E-state index is 13.1. The second-order valence-electron chi connectivity index (χ2n) is 6.37. The Bertz CT molecular complexity index is 1220. The summed E-state index contributed by atoms with van der Waals surface area (Å²) in [7, 11) is 0. The summed E-state index contributed by atoms with van der Waals surface area (Å²) in [5.74, 6) is 0.252. The van der Waals surface area contributed by atoms with Gasteiger partial charge in [-0.15, -0.1) is 0 Å². The summed E-state index contributed by atoms with van der Waals surface area (Å²) in [6.07, 6.45) is -4.39. The normalized spacial score (nSPS) is 11.7. The van der Waals surface area contributed by atoms with Gasteiger partial charge in [0.25, 0.3) is 5.56 Å². The summed E-state index contributed by atoms with van der Waals surface area (Å²) in [6.45, 7) is 0. The van der Waals surface area contributed by atoms with Crippen molar-refractivity contribution in [2.45, 2.75) is 17.1 Å². The van der Waals surface area contributed by atoms with Crippen molar-refractivity contribution in [1.82, 2.24) is 9.55 Å². The zero-order valence-electron chi connectivity index (χ0n) is 15.1. The third-order valence-electron chi connectivity index (χ3n) is 4.38. The third kappa shape index (κ3) is 4.05. The van der Waals surface area contributed by atoms with Crippen LogP contribution < -0.4 is 5.56 Å². The lowest BCUT2D eigenvalue weighted by Gasteiger charge is -2.13. The van der Waals surface area contributed by atoms with Crippen molar-refractivity contribution in [2.24, 2.45) is 0 Å². The maximum Gasteiger partial charge on any atom is 0.416 e. The van der Waals surface area contributed by atoms with Gasteiger partial charge in [0.05, 0.1) is 22.2 Å². The van der Waals surface area contributed by atoms with Gasteiger partial charge in [0, 0.05) is 5.75 Å². The van der Waals surface area contributed by atoms with Crippen LogP contribution in [0.15, 0.2) is 88.8 Å². The Labute approximate surface area is 168 Å². The van der Waals surface area contributed by atoms with Crippen molar-refractivity contribution in [3.63, 3.8) is 0 Å². The molecule has 0 N–H and O–H groups in total. The zero-order valence-corrected chi connectivity index (χ0v) is 15.9. The number of nitrogens with zero attached hydrogens (tertiary/aromatic N) is 2. The van der Waals surface area contributed by atoms with Crippen LogP contribution in [0.1, 0.15) is 11.1 Å². The van der Waals surface area contributed by atoms with Crippen LogP contribution in [0.25, 0.3) is 16.6 Å². The molecular weight excluding hydrogens is 397 g/mol. The number of thioether (sulfide) groups is 1. The van der Waals surface area contributed by atoms with Crippen molar-refractivity contribution in [1.29, 1.82) is 0 Å². The van der Waals surface area contributed by atoms with Crippen molar-refractivity contribution < 1.29 is 13.2 Å². The first-order chi connectivity index (χ1) is 13.9. The lowest BCUT2D eigenvalue weighted by molar-refractivity contribution is -0.137. The molecule has 4 rings (SSSR count). The smallest absolute Gasteiger partial charge is 0.268 e. The third-order valence-corrected chi connectivity index (χ3v) is 5.39. The van der Waals surface area contributed by atoms with E-state index in [0.717, 1.165) is 12.1 Å². The van der Waals surface area contributed by atoms with Crippen LogP contribution in [0.4, 0.5) is 13.2 Å². The molecule has 146 valence electrons. The molecule has 0 atom stereocenters. The molecule has 0 fully saturated rings. The predicted octanol–water partition coefficient (Wildman–Crippen LogP) is 5.70. The first kappa shape index (κ1) is 19.3. The van der Waals surface area contributed by atoms with Gasteiger partial charge in [-0.25, -0.2) is 4.98 Å². The van der Waals surface area contributed by atoms with Gasteiger partial charge in [-0.1, -0.05) is 60.3 Å². The molecule has 0 amide bonds. The van der Waals surface area contributed by atoms with Crippen LogP contribution in [0.5, 0.6) is 0 Å². The van der Waals surface area contributed by atoms with Crippen molar-refractivity contribution in [3.05, 3.63) is 100 Å². The minimum atomic E-state index is -4.39. The molecular formula is C22H15F3N2OS. The van der Waals surface area contributed by atoms with E-state index >= 15 is 0 Å². The molecule has 4 aromatic rings. The molecule has 3 nitrogen and oxygen atoms in total. The second-order valence-corrected chi connectivity index (χ2v) is 7.32. The molecule has 0 saturated heterocycles. The van der Waals surface area contributed by atoms with Gasteiger partial charge in [-0.3, -0.25) is 9.36 Å². The highest BCUT2D eigenvalue weighted by Crippen LogP contribution is 2.31. The van der Waals surface area contributed by atoms with Gasteiger partial charge < -0.3 is 0 Å². The highest BCUT2D eigenvalue weighted by molar-refractivity contribution is 7.98. The fraction of sp³-hybridized carbons (Fsp3) is 0.0909. The monoisotopic (exact) mass is 412 g/mol. The molecule has 29 heavy (non-hydrogen) atoms. The lowest BCUT2D eigenvalue weighted by atomic mass is 10.1. The van der Waals surface area contributed by atoms with Crippen LogP contribution in [0, 0.1) is 0 Å². The largest absolute Gasteiger partial charge is 0.416 e. The summed E-state index contributed by atoms with van der Waals surface area (Å²) in [5.41, 5.74) is 0.807. The van der Waals surface area contributed by atoms with Crippen LogP contribution >= 0.6 is 11.8 Å². The Hall–Kier alpha value is -3.06. The fourth-order valence-electron chi connectivity index (χ4n) is 3.00. The number of hydrogen-bond acceptors (Lipinski definition) is 3. The molecule has 0 bridgehead atoms. The number of para-hydroxylation sites is 2. The van der Waals surface area contributed by atoms with E-state index in [1.807, 2.05) is 18.2 Å². The molecule has 0 radical (unpaired) electrons. The molecule has 0 aliphatic rings. The maximum absolute atomic E-state index is 13.1. The van der Waals surface area contributed by atoms with E-state index in [1.165, 1.54) is 22.4 Å². The van der Waals surface area contributed by atoms with Gasteiger partial charge in [0.1, 0.15) is 0 Å². The standard InChI is InChI=1S/C22H15F3N2OS/c23-22(24,25)16-8-6-7-15(13-16)14-29-21-26-19-12-5-4-11-18(19)20(28)27(21)17-9-2-1-3-10-17/h1-13H,14H2. The number of halogens is 3. The minimum Gasteiger partial charge on any atom is -0.268 e. The minimum absolute atomic E-state index is 0.214. The highest BCUT2D eigenvalue weighted by atomic mass is 32.2. The van der Waals surface area contributed by atoms with Gasteiger partial charge >= 0.3 is 6.18 Å². The number of aromatic nitrogens is 2. The molecule has 1 aromatic heterocycles. The first-order valence-corrected chi connectivity index (χ1v) is 9.78. The number of rotatable bonds is 4. The predicted molar refractivity (Wildman–Crippen MR) is 108 cm³/mol. The topological polar surface area (TPSA) is 34.9 Å². The van der Waals surface area contributed by atoms with Gasteiger partial charge in [0.15, 0.2) is 5.16 Å². The number of fused-ring (bicyclic) bond motifs is 1. The van der Waals surface area contributed by atoms with Crippen molar-refractivity contribution in [3.8, 4) is 5.69 Å². The Kier molecular flexibility index (Phi) is 5.15. The van der Waals surface area contributed by atoms with E-state index in [-0.39, 0.29) is 11.3 Å². The Balaban J connectivity index is 1.77. The first-order valence-electron chi connectivity index (χ1n) is 8.79. The molecule has 0 spiro atoms. The molecule has 7 heteroatoms. The average Bonchev–Trinajstić information content (AvgIpc) is 2.72. The Morgan fingerprint density at radius 2 is 1.62 bits per heavy atom. The van der Waals surface area contributed by atoms with E-state index in [4.69, 9.17) is 0 Å². The molecule has 1 heterocycles. The summed E-state index contributed by atoms with van der Waals surface area (Å²) in [4.78, 5) is 17.7. The quantitative estimate of drug-likeness (QED) is 0.319. The Morgan fingerprint density at radius 1 is 0.897 bits per heavy atom. The number of alkyl halides is 3. The van der Waals surface area contributed by atoms with Crippen molar-refractivity contribution in [2.75, 3.05) is 0 Å². The number of benzene rings is 3. The van der Waals surface area contributed by atoms with Crippen LogP contribution in [-0.2, 0) is 11.9 Å². The van der Waals surface area contributed by atoms with E-state index in [2.05, 4.69) is 4.98 Å². The molecule has 0 saturated carbocycles.